The van der Waals surface area contributed by atoms with Crippen LogP contribution in [0.5, 0.6) is 11.5 Å². The number of fused-ring (bicyclic) bond motifs is 1. The predicted molar refractivity (Wildman–Crippen MR) is 116 cm³/mol. The van der Waals surface area contributed by atoms with E-state index in [1.807, 2.05) is 6.07 Å². The lowest BCUT2D eigenvalue weighted by Crippen LogP contribution is -2.52. The fourth-order valence-electron chi connectivity index (χ4n) is 3.34. The molecule has 4 rings (SSSR count). The largest absolute Gasteiger partial charge is 0.495 e. The lowest BCUT2D eigenvalue weighted by atomic mass is 10.0. The molecule has 1 aliphatic rings. The Bertz CT molecular complexity index is 1060. The summed E-state index contributed by atoms with van der Waals surface area (Å²) in [5.74, 6) is 1.66. The maximum atomic E-state index is 6.60. The van der Waals surface area contributed by atoms with Crippen LogP contribution in [0.2, 0.25) is 15.2 Å². The van der Waals surface area contributed by atoms with Crippen LogP contribution in [0.3, 0.4) is 0 Å². The molecule has 6 nitrogen and oxygen atoms in total. The minimum atomic E-state index is 0.164. The summed E-state index contributed by atoms with van der Waals surface area (Å²) in [6.07, 6.45) is 1.87. The number of halogens is 3. The van der Waals surface area contributed by atoms with E-state index in [1.165, 1.54) is 14.2 Å². The molecule has 1 fully saturated rings. The number of hydrogen-bond donors (Lipinski definition) is 0. The number of benzene rings is 1. The highest BCUT2D eigenvalue weighted by Gasteiger charge is 2.30. The zero-order valence-electron chi connectivity index (χ0n) is 16.0. The standard InChI is InChI=1S/C20H18Cl3N3O3/c1-27-11-8-26(9-11)20-12-5-16(21)24-7-10(12)4-13(25-20)17-18(22)14(28-2)6-15(29-3)19(17)23/h4-7,11H,8-9H2,1-3H3. The molecule has 2 aromatic heterocycles. The molecule has 0 atom stereocenters. The number of anilines is 1. The second kappa shape index (κ2) is 8.03. The minimum Gasteiger partial charge on any atom is -0.495 e. The molecule has 1 saturated heterocycles. The first-order chi connectivity index (χ1) is 14.0. The van der Waals surface area contributed by atoms with Crippen molar-refractivity contribution in [2.24, 2.45) is 0 Å². The van der Waals surface area contributed by atoms with E-state index < -0.39 is 0 Å². The van der Waals surface area contributed by atoms with Crippen LogP contribution in [0.25, 0.3) is 22.0 Å². The van der Waals surface area contributed by atoms with E-state index in [1.54, 1.807) is 25.4 Å². The Morgan fingerprint density at radius 2 is 1.62 bits per heavy atom. The maximum Gasteiger partial charge on any atom is 0.141 e. The van der Waals surface area contributed by atoms with Crippen LogP contribution in [-0.2, 0) is 4.74 Å². The number of rotatable bonds is 5. The molecule has 0 bridgehead atoms. The Morgan fingerprint density at radius 1 is 0.966 bits per heavy atom. The molecule has 0 N–H and O–H groups in total. The van der Waals surface area contributed by atoms with E-state index in [0.29, 0.717) is 38.0 Å². The molecule has 152 valence electrons. The van der Waals surface area contributed by atoms with Crippen molar-refractivity contribution in [3.8, 4) is 22.8 Å². The zero-order valence-corrected chi connectivity index (χ0v) is 18.3. The SMILES string of the molecule is COc1cc(OC)c(Cl)c(-c2cc3cnc(Cl)cc3c(N3CC(OC)C3)n2)c1Cl. The van der Waals surface area contributed by atoms with Crippen LogP contribution in [0.15, 0.2) is 24.4 Å². The molecule has 0 unspecified atom stereocenters. The summed E-state index contributed by atoms with van der Waals surface area (Å²) in [6.45, 7) is 1.45. The maximum absolute atomic E-state index is 6.60. The number of methoxy groups -OCH3 is 3. The van der Waals surface area contributed by atoms with Crippen LogP contribution >= 0.6 is 34.8 Å². The van der Waals surface area contributed by atoms with E-state index in [-0.39, 0.29) is 6.10 Å². The highest BCUT2D eigenvalue weighted by Crippen LogP contribution is 2.46. The number of pyridine rings is 2. The smallest absolute Gasteiger partial charge is 0.141 e. The lowest BCUT2D eigenvalue weighted by Gasteiger charge is -2.39. The van der Waals surface area contributed by atoms with E-state index >= 15 is 0 Å². The van der Waals surface area contributed by atoms with Gasteiger partial charge in [0, 0.05) is 48.8 Å². The summed E-state index contributed by atoms with van der Waals surface area (Å²) in [7, 11) is 4.77. The third kappa shape index (κ3) is 3.55. The highest BCUT2D eigenvalue weighted by atomic mass is 35.5. The van der Waals surface area contributed by atoms with Gasteiger partial charge in [-0.3, -0.25) is 0 Å². The van der Waals surface area contributed by atoms with Gasteiger partial charge in [0.1, 0.15) is 22.5 Å². The average molecular weight is 455 g/mol. The van der Waals surface area contributed by atoms with Crippen LogP contribution in [0.4, 0.5) is 5.82 Å². The number of hydrogen-bond acceptors (Lipinski definition) is 6. The van der Waals surface area contributed by atoms with Gasteiger partial charge in [-0.1, -0.05) is 34.8 Å². The topological polar surface area (TPSA) is 56.7 Å². The number of aromatic nitrogens is 2. The summed E-state index contributed by atoms with van der Waals surface area (Å²) in [4.78, 5) is 11.2. The van der Waals surface area contributed by atoms with Gasteiger partial charge in [-0.15, -0.1) is 0 Å². The third-order valence-corrected chi connectivity index (χ3v) is 5.93. The van der Waals surface area contributed by atoms with Gasteiger partial charge in [-0.05, 0) is 12.1 Å². The van der Waals surface area contributed by atoms with Crippen LogP contribution in [0.1, 0.15) is 0 Å². The lowest BCUT2D eigenvalue weighted by molar-refractivity contribution is 0.0785. The fraction of sp³-hybridized carbons (Fsp3) is 0.300. The fourth-order valence-corrected chi connectivity index (χ4v) is 4.20. The van der Waals surface area contributed by atoms with Crippen molar-refractivity contribution < 1.29 is 14.2 Å². The first kappa shape index (κ1) is 20.3. The molecule has 0 amide bonds. The van der Waals surface area contributed by atoms with Crippen molar-refractivity contribution >= 4 is 51.4 Å². The first-order valence-corrected chi connectivity index (χ1v) is 9.94. The molecule has 1 aliphatic heterocycles. The van der Waals surface area contributed by atoms with Gasteiger partial charge in [0.25, 0.3) is 0 Å². The second-order valence-electron chi connectivity index (χ2n) is 6.61. The summed E-state index contributed by atoms with van der Waals surface area (Å²) >= 11 is 19.3. The molecular weight excluding hydrogens is 437 g/mol. The molecule has 0 aliphatic carbocycles. The summed E-state index contributed by atoms with van der Waals surface area (Å²) in [5.41, 5.74) is 1.12. The molecular formula is C20H18Cl3N3O3. The average Bonchev–Trinajstić information content (AvgIpc) is 2.68. The van der Waals surface area contributed by atoms with Gasteiger partial charge >= 0.3 is 0 Å². The molecule has 0 spiro atoms. The predicted octanol–water partition coefficient (Wildman–Crippen LogP) is 5.11. The van der Waals surface area contributed by atoms with Gasteiger partial charge in [0.05, 0.1) is 36.1 Å². The molecule has 29 heavy (non-hydrogen) atoms. The molecule has 9 heteroatoms. The van der Waals surface area contributed by atoms with E-state index in [4.69, 9.17) is 54.0 Å². The first-order valence-electron chi connectivity index (χ1n) is 8.81. The van der Waals surface area contributed by atoms with Gasteiger partial charge in [-0.2, -0.15) is 0 Å². The highest BCUT2D eigenvalue weighted by molar-refractivity contribution is 6.41. The normalized spacial score (nSPS) is 14.2. The van der Waals surface area contributed by atoms with E-state index in [2.05, 4.69) is 9.88 Å². The Balaban J connectivity index is 1.95. The molecule has 0 saturated carbocycles. The van der Waals surface area contributed by atoms with Crippen molar-refractivity contribution in [2.45, 2.75) is 6.10 Å². The number of nitrogens with zero attached hydrogens (tertiary/aromatic N) is 3. The van der Waals surface area contributed by atoms with Crippen LogP contribution in [0, 0.1) is 0 Å². The number of ether oxygens (including phenoxy) is 3. The molecule has 0 radical (unpaired) electrons. The van der Waals surface area contributed by atoms with Crippen molar-refractivity contribution in [1.82, 2.24) is 9.97 Å². The third-order valence-electron chi connectivity index (χ3n) is 4.97. The molecule has 1 aromatic carbocycles. The molecule has 3 aromatic rings. The van der Waals surface area contributed by atoms with Crippen LogP contribution < -0.4 is 14.4 Å². The second-order valence-corrected chi connectivity index (χ2v) is 7.75. The van der Waals surface area contributed by atoms with E-state index in [0.717, 1.165) is 29.7 Å². The van der Waals surface area contributed by atoms with E-state index in [9.17, 15) is 0 Å². The van der Waals surface area contributed by atoms with Crippen molar-refractivity contribution in [1.29, 1.82) is 0 Å². The summed E-state index contributed by atoms with van der Waals surface area (Å²) < 4.78 is 16.2. The van der Waals surface area contributed by atoms with Crippen molar-refractivity contribution in [3.05, 3.63) is 39.6 Å². The Hall–Kier alpha value is -1.99. The summed E-state index contributed by atoms with van der Waals surface area (Å²) in [5, 5.41) is 2.87. The molecule has 3 heterocycles. The summed E-state index contributed by atoms with van der Waals surface area (Å²) in [6, 6.07) is 5.33. The van der Waals surface area contributed by atoms with Gasteiger partial charge in [-0.25, -0.2) is 9.97 Å². The monoisotopic (exact) mass is 453 g/mol. The minimum absolute atomic E-state index is 0.164. The van der Waals surface area contributed by atoms with Gasteiger partial charge in [0.2, 0.25) is 0 Å². The van der Waals surface area contributed by atoms with Gasteiger partial charge in [0.15, 0.2) is 0 Å². The Labute approximate surface area is 183 Å². The zero-order chi connectivity index (χ0) is 20.7. The van der Waals surface area contributed by atoms with Crippen molar-refractivity contribution in [3.63, 3.8) is 0 Å². The van der Waals surface area contributed by atoms with Gasteiger partial charge < -0.3 is 19.1 Å². The Morgan fingerprint density at radius 3 is 2.21 bits per heavy atom. The Kier molecular flexibility index (Phi) is 5.62. The quantitative estimate of drug-likeness (QED) is 0.499. The van der Waals surface area contributed by atoms with Crippen molar-refractivity contribution in [2.75, 3.05) is 39.3 Å². The van der Waals surface area contributed by atoms with Crippen LogP contribution in [-0.4, -0.2) is 50.5 Å².